The number of carbonyl (C=O) groups excluding carboxylic acids is 1. The summed E-state index contributed by atoms with van der Waals surface area (Å²) in [6.45, 7) is 6.43. The third-order valence-electron chi connectivity index (χ3n) is 2.19. The summed E-state index contributed by atoms with van der Waals surface area (Å²) in [5.41, 5.74) is 0.837. The van der Waals surface area contributed by atoms with Gasteiger partial charge in [0.2, 0.25) is 0 Å². The third kappa shape index (κ3) is 3.37. The Morgan fingerprint density at radius 2 is 2.19 bits per heavy atom. The summed E-state index contributed by atoms with van der Waals surface area (Å²) in [5.74, 6) is 0.381. The highest BCUT2D eigenvalue weighted by Gasteiger charge is 2.20. The largest absolute Gasteiger partial charge is 0.351 e. The van der Waals surface area contributed by atoms with E-state index < -0.39 is 0 Å². The van der Waals surface area contributed by atoms with Gasteiger partial charge < -0.3 is 5.32 Å². The third-order valence-corrected chi connectivity index (χ3v) is 4.61. The zero-order chi connectivity index (χ0) is 12.3. The molecule has 0 fully saturated rings. The quantitative estimate of drug-likeness (QED) is 0.837. The lowest BCUT2D eigenvalue weighted by Gasteiger charge is -2.21. The van der Waals surface area contributed by atoms with Gasteiger partial charge >= 0.3 is 0 Å². The van der Waals surface area contributed by atoms with Crippen LogP contribution < -0.4 is 5.32 Å². The maximum Gasteiger partial charge on any atom is 0.262 e. The Morgan fingerprint density at radius 3 is 2.62 bits per heavy atom. The van der Waals surface area contributed by atoms with E-state index in [-0.39, 0.29) is 11.3 Å². The average molecular weight is 280 g/mol. The molecule has 1 heterocycles. The maximum atomic E-state index is 11.8. The van der Waals surface area contributed by atoms with Crippen molar-refractivity contribution in [3.8, 4) is 0 Å². The van der Waals surface area contributed by atoms with Gasteiger partial charge in [0.25, 0.3) is 5.91 Å². The predicted molar refractivity (Wildman–Crippen MR) is 70.9 cm³/mol. The molecule has 1 aromatic rings. The van der Waals surface area contributed by atoms with E-state index in [1.165, 1.54) is 11.3 Å². The maximum absolute atomic E-state index is 11.8. The fourth-order valence-corrected chi connectivity index (χ4v) is 2.32. The molecule has 0 saturated carbocycles. The number of amides is 1. The predicted octanol–water partition coefficient (Wildman–Crippen LogP) is 3.70. The van der Waals surface area contributed by atoms with Crippen molar-refractivity contribution in [3.63, 3.8) is 0 Å². The summed E-state index contributed by atoms with van der Waals surface area (Å²) in [5, 5.41) is 5.27. The van der Waals surface area contributed by atoms with Crippen LogP contribution in [0.2, 0.25) is 5.02 Å². The molecule has 0 saturated heterocycles. The van der Waals surface area contributed by atoms with Crippen LogP contribution in [0.3, 0.4) is 0 Å². The van der Waals surface area contributed by atoms with Crippen LogP contribution in [0.25, 0.3) is 0 Å². The molecule has 0 aliphatic rings. The summed E-state index contributed by atoms with van der Waals surface area (Å²) in [6, 6.07) is 0. The van der Waals surface area contributed by atoms with E-state index in [4.69, 9.17) is 23.2 Å². The first-order valence-electron chi connectivity index (χ1n) is 4.95. The molecular weight excluding hydrogens is 265 g/mol. The Kier molecular flexibility index (Phi) is 4.65. The average Bonchev–Trinajstić information content (AvgIpc) is 2.57. The number of hydrogen-bond acceptors (Lipinski definition) is 2. The Balaban J connectivity index is 2.64. The van der Waals surface area contributed by atoms with Crippen molar-refractivity contribution in [2.45, 2.75) is 20.8 Å². The minimum Gasteiger partial charge on any atom is -0.351 e. The second kappa shape index (κ2) is 5.39. The topological polar surface area (TPSA) is 29.1 Å². The van der Waals surface area contributed by atoms with Crippen molar-refractivity contribution in [2.24, 2.45) is 5.41 Å². The molecule has 0 aliphatic heterocycles. The molecule has 0 bridgehead atoms. The lowest BCUT2D eigenvalue weighted by molar-refractivity contribution is 0.0944. The first kappa shape index (κ1) is 13.8. The summed E-state index contributed by atoms with van der Waals surface area (Å²) in [4.78, 5) is 12.4. The van der Waals surface area contributed by atoms with Crippen LogP contribution in [-0.2, 0) is 0 Å². The molecule has 2 nitrogen and oxygen atoms in total. The van der Waals surface area contributed by atoms with E-state index in [2.05, 4.69) is 5.32 Å². The molecule has 0 aromatic carbocycles. The fraction of sp³-hybridized carbons (Fsp3) is 0.545. The molecule has 90 valence electrons. The van der Waals surface area contributed by atoms with Crippen LogP contribution in [-0.4, -0.2) is 18.3 Å². The van der Waals surface area contributed by atoms with Gasteiger partial charge in [0, 0.05) is 12.4 Å². The van der Waals surface area contributed by atoms with Crippen LogP contribution >= 0.6 is 34.5 Å². The van der Waals surface area contributed by atoms with Gasteiger partial charge in [0.1, 0.15) is 4.88 Å². The molecule has 0 spiro atoms. The van der Waals surface area contributed by atoms with Gasteiger partial charge in [-0.3, -0.25) is 4.79 Å². The lowest BCUT2D eigenvalue weighted by Crippen LogP contribution is -2.34. The number of halogens is 2. The number of nitrogens with one attached hydrogen (secondary N) is 1. The first-order valence-corrected chi connectivity index (χ1v) is 6.74. The summed E-state index contributed by atoms with van der Waals surface area (Å²) < 4.78 is 0. The Labute approximate surface area is 110 Å². The molecule has 0 unspecified atom stereocenters. The molecule has 1 aromatic heterocycles. The zero-order valence-electron chi connectivity index (χ0n) is 9.56. The molecule has 1 amide bonds. The Bertz CT molecular complexity index is 387. The van der Waals surface area contributed by atoms with Gasteiger partial charge in [-0.1, -0.05) is 25.4 Å². The molecule has 0 atom stereocenters. The van der Waals surface area contributed by atoms with Crippen molar-refractivity contribution in [3.05, 3.63) is 20.8 Å². The number of alkyl halides is 1. The van der Waals surface area contributed by atoms with Crippen LogP contribution in [0.15, 0.2) is 5.38 Å². The number of rotatable bonds is 4. The lowest BCUT2D eigenvalue weighted by atomic mass is 9.96. The van der Waals surface area contributed by atoms with E-state index in [0.29, 0.717) is 22.3 Å². The van der Waals surface area contributed by atoms with Crippen molar-refractivity contribution in [1.29, 1.82) is 0 Å². The minimum atomic E-state index is -0.124. The second-order valence-electron chi connectivity index (χ2n) is 4.54. The van der Waals surface area contributed by atoms with Gasteiger partial charge in [-0.25, -0.2) is 0 Å². The standard InChI is InChI=1S/C11H15Cl2NOS/c1-7-4-16-9(8(7)13)10(15)14-6-11(2,3)5-12/h4H,5-6H2,1-3H3,(H,14,15). The van der Waals surface area contributed by atoms with Gasteiger partial charge in [0.05, 0.1) is 5.02 Å². The molecule has 1 N–H and O–H groups in total. The van der Waals surface area contributed by atoms with Crippen molar-refractivity contribution >= 4 is 40.4 Å². The molecule has 0 aliphatic carbocycles. The van der Waals surface area contributed by atoms with Crippen molar-refractivity contribution in [1.82, 2.24) is 5.32 Å². The smallest absolute Gasteiger partial charge is 0.262 e. The van der Waals surface area contributed by atoms with Gasteiger partial charge in [0.15, 0.2) is 0 Å². The van der Waals surface area contributed by atoms with E-state index >= 15 is 0 Å². The monoisotopic (exact) mass is 279 g/mol. The van der Waals surface area contributed by atoms with Crippen LogP contribution in [0.5, 0.6) is 0 Å². The van der Waals surface area contributed by atoms with Gasteiger partial charge in [-0.2, -0.15) is 0 Å². The second-order valence-corrected chi connectivity index (χ2v) is 6.07. The zero-order valence-corrected chi connectivity index (χ0v) is 11.9. The number of hydrogen-bond donors (Lipinski definition) is 1. The fourth-order valence-electron chi connectivity index (χ4n) is 1.03. The van der Waals surface area contributed by atoms with Gasteiger partial charge in [-0.05, 0) is 23.3 Å². The summed E-state index contributed by atoms with van der Waals surface area (Å²) in [6.07, 6.45) is 0. The van der Waals surface area contributed by atoms with Crippen LogP contribution in [0, 0.1) is 12.3 Å². The molecule has 0 radical (unpaired) electrons. The highest BCUT2D eigenvalue weighted by Crippen LogP contribution is 2.27. The minimum absolute atomic E-state index is 0.101. The van der Waals surface area contributed by atoms with E-state index in [9.17, 15) is 4.79 Å². The molecule has 16 heavy (non-hydrogen) atoms. The highest BCUT2D eigenvalue weighted by atomic mass is 35.5. The number of carbonyl (C=O) groups is 1. The molecular formula is C11H15Cl2NOS. The van der Waals surface area contributed by atoms with Crippen molar-refractivity contribution < 1.29 is 4.79 Å². The Morgan fingerprint density at radius 1 is 1.56 bits per heavy atom. The van der Waals surface area contributed by atoms with Crippen LogP contribution in [0.4, 0.5) is 0 Å². The normalized spacial score (nSPS) is 11.6. The molecule has 1 rings (SSSR count). The summed E-state index contributed by atoms with van der Waals surface area (Å²) in [7, 11) is 0. The van der Waals surface area contributed by atoms with E-state index in [1.54, 1.807) is 0 Å². The Hall–Kier alpha value is -0.250. The van der Waals surface area contributed by atoms with E-state index in [1.807, 2.05) is 26.2 Å². The SMILES string of the molecule is Cc1csc(C(=O)NCC(C)(C)CCl)c1Cl. The number of thiophene rings is 1. The van der Waals surface area contributed by atoms with Crippen LogP contribution in [0.1, 0.15) is 29.1 Å². The highest BCUT2D eigenvalue weighted by molar-refractivity contribution is 7.13. The first-order chi connectivity index (χ1) is 7.37. The van der Waals surface area contributed by atoms with E-state index in [0.717, 1.165) is 5.56 Å². The molecule has 5 heteroatoms. The number of aryl methyl sites for hydroxylation is 1. The van der Waals surface area contributed by atoms with Crippen molar-refractivity contribution in [2.75, 3.05) is 12.4 Å². The summed E-state index contributed by atoms with van der Waals surface area (Å²) >= 11 is 13.2. The van der Waals surface area contributed by atoms with Gasteiger partial charge in [-0.15, -0.1) is 22.9 Å².